The number of nitro groups is 1. The van der Waals surface area contributed by atoms with Gasteiger partial charge in [0.05, 0.1) is 11.0 Å². The lowest BCUT2D eigenvalue weighted by Gasteiger charge is -2.12. The molecular weight excluding hydrogens is 278 g/mol. The summed E-state index contributed by atoms with van der Waals surface area (Å²) in [6.07, 6.45) is 0. The molecule has 2 aromatic rings. The van der Waals surface area contributed by atoms with Gasteiger partial charge in [0.2, 0.25) is 0 Å². The number of aryl methyl sites for hydroxylation is 2. The Labute approximate surface area is 122 Å². The van der Waals surface area contributed by atoms with E-state index < -0.39 is 4.92 Å². The smallest absolute Gasteiger partial charge is 0.273 e. The minimum Gasteiger partial charge on any atom is -0.457 e. The fourth-order valence-electron chi connectivity index (χ4n) is 1.77. The minimum absolute atomic E-state index is 0.0109. The van der Waals surface area contributed by atoms with Crippen LogP contribution in [0.15, 0.2) is 36.4 Å². The number of ether oxygens (including phenoxy) is 1. The molecule has 0 amide bonds. The summed E-state index contributed by atoms with van der Waals surface area (Å²) in [5, 5.41) is 10.8. The molecule has 0 aliphatic heterocycles. The van der Waals surface area contributed by atoms with Gasteiger partial charge in [-0.2, -0.15) is 0 Å². The second-order valence-corrected chi connectivity index (χ2v) is 4.81. The van der Waals surface area contributed by atoms with Crippen molar-refractivity contribution >= 4 is 17.3 Å². The van der Waals surface area contributed by atoms with E-state index in [0.717, 1.165) is 16.7 Å². The summed E-state index contributed by atoms with van der Waals surface area (Å²) in [6.45, 7) is 3.76. The maximum atomic E-state index is 10.8. The molecule has 0 unspecified atom stereocenters. The van der Waals surface area contributed by atoms with E-state index in [-0.39, 0.29) is 5.69 Å². The highest BCUT2D eigenvalue weighted by molar-refractivity contribution is 6.17. The molecule has 0 saturated heterocycles. The Balaban J connectivity index is 2.38. The van der Waals surface area contributed by atoms with Crippen molar-refractivity contribution in [2.24, 2.45) is 0 Å². The number of nitrogens with zero attached hydrogens (tertiary/aromatic N) is 1. The Hall–Kier alpha value is -2.07. The molecule has 0 aliphatic carbocycles. The fraction of sp³-hybridized carbons (Fsp3) is 0.200. The Morgan fingerprint density at radius 2 is 1.70 bits per heavy atom. The third kappa shape index (κ3) is 3.08. The zero-order chi connectivity index (χ0) is 14.7. The summed E-state index contributed by atoms with van der Waals surface area (Å²) in [5.41, 5.74) is 2.74. The molecule has 0 spiro atoms. The van der Waals surface area contributed by atoms with E-state index in [0.29, 0.717) is 17.4 Å². The van der Waals surface area contributed by atoms with Gasteiger partial charge in [-0.15, -0.1) is 11.6 Å². The van der Waals surface area contributed by atoms with Crippen LogP contribution in [0.3, 0.4) is 0 Å². The maximum absolute atomic E-state index is 10.8. The van der Waals surface area contributed by atoms with Crippen LogP contribution in [0.4, 0.5) is 5.69 Å². The third-order valence-corrected chi connectivity index (χ3v) is 3.32. The normalized spacial score (nSPS) is 10.3. The molecule has 4 nitrogen and oxygen atoms in total. The largest absolute Gasteiger partial charge is 0.457 e. The zero-order valence-corrected chi connectivity index (χ0v) is 12.0. The molecule has 0 radical (unpaired) electrons. The lowest BCUT2D eigenvalue weighted by atomic mass is 10.1. The average molecular weight is 292 g/mol. The van der Waals surface area contributed by atoms with Gasteiger partial charge in [0, 0.05) is 11.9 Å². The van der Waals surface area contributed by atoms with E-state index in [1.165, 1.54) is 12.1 Å². The first-order valence-corrected chi connectivity index (χ1v) is 6.63. The van der Waals surface area contributed by atoms with Crippen LogP contribution in [-0.4, -0.2) is 4.92 Å². The lowest BCUT2D eigenvalue weighted by Crippen LogP contribution is -1.94. The first-order valence-electron chi connectivity index (χ1n) is 6.09. The Bertz CT molecular complexity index is 656. The van der Waals surface area contributed by atoms with Gasteiger partial charge < -0.3 is 4.74 Å². The highest BCUT2D eigenvalue weighted by Crippen LogP contribution is 2.31. The SMILES string of the molecule is Cc1ccc(CCl)cc1Oc1cc([N+](=O)[O-])ccc1C. The van der Waals surface area contributed by atoms with E-state index >= 15 is 0 Å². The van der Waals surface area contributed by atoms with Gasteiger partial charge in [-0.3, -0.25) is 10.1 Å². The van der Waals surface area contributed by atoms with Gasteiger partial charge in [-0.1, -0.05) is 12.1 Å². The van der Waals surface area contributed by atoms with Crippen molar-refractivity contribution in [2.45, 2.75) is 19.7 Å². The number of hydrogen-bond donors (Lipinski definition) is 0. The van der Waals surface area contributed by atoms with Crippen LogP contribution in [0.25, 0.3) is 0 Å². The number of hydrogen-bond acceptors (Lipinski definition) is 3. The summed E-state index contributed by atoms with van der Waals surface area (Å²) in [7, 11) is 0. The molecule has 0 atom stereocenters. The van der Waals surface area contributed by atoms with Gasteiger partial charge in [-0.05, 0) is 42.7 Å². The number of halogens is 1. The molecule has 5 heteroatoms. The third-order valence-electron chi connectivity index (χ3n) is 3.01. The molecule has 0 saturated carbocycles. The van der Waals surface area contributed by atoms with Crippen molar-refractivity contribution in [2.75, 3.05) is 0 Å². The Morgan fingerprint density at radius 3 is 2.30 bits per heavy atom. The number of rotatable bonds is 4. The van der Waals surface area contributed by atoms with Gasteiger partial charge in [0.15, 0.2) is 0 Å². The van der Waals surface area contributed by atoms with Crippen molar-refractivity contribution in [3.05, 3.63) is 63.2 Å². The molecule has 20 heavy (non-hydrogen) atoms. The van der Waals surface area contributed by atoms with Crippen LogP contribution in [0.5, 0.6) is 11.5 Å². The second kappa shape index (κ2) is 5.92. The van der Waals surface area contributed by atoms with E-state index in [1.54, 1.807) is 6.07 Å². The van der Waals surface area contributed by atoms with Crippen LogP contribution in [-0.2, 0) is 5.88 Å². The van der Waals surface area contributed by atoms with Gasteiger partial charge in [0.25, 0.3) is 5.69 Å². The molecule has 0 bridgehead atoms. The summed E-state index contributed by atoms with van der Waals surface area (Å²) >= 11 is 5.81. The van der Waals surface area contributed by atoms with Crippen LogP contribution in [0, 0.1) is 24.0 Å². The zero-order valence-electron chi connectivity index (χ0n) is 11.2. The number of benzene rings is 2. The predicted octanol–water partition coefficient (Wildman–Crippen LogP) is 4.74. The molecule has 2 rings (SSSR count). The highest BCUT2D eigenvalue weighted by Gasteiger charge is 2.11. The summed E-state index contributed by atoms with van der Waals surface area (Å²) in [4.78, 5) is 10.4. The fourth-order valence-corrected chi connectivity index (χ4v) is 1.93. The van der Waals surface area contributed by atoms with Gasteiger partial charge in [-0.25, -0.2) is 0 Å². The van der Waals surface area contributed by atoms with Crippen LogP contribution < -0.4 is 4.74 Å². The quantitative estimate of drug-likeness (QED) is 0.464. The van der Waals surface area contributed by atoms with Crippen molar-refractivity contribution < 1.29 is 9.66 Å². The van der Waals surface area contributed by atoms with E-state index in [9.17, 15) is 10.1 Å². The molecule has 0 heterocycles. The number of nitro benzene ring substituents is 1. The minimum atomic E-state index is -0.436. The van der Waals surface area contributed by atoms with Crippen LogP contribution in [0.2, 0.25) is 0 Å². The molecule has 0 aliphatic rings. The van der Waals surface area contributed by atoms with Gasteiger partial charge in [0.1, 0.15) is 11.5 Å². The monoisotopic (exact) mass is 291 g/mol. The van der Waals surface area contributed by atoms with Gasteiger partial charge >= 0.3 is 0 Å². The van der Waals surface area contributed by atoms with Crippen LogP contribution in [0.1, 0.15) is 16.7 Å². The average Bonchev–Trinajstić information content (AvgIpc) is 2.43. The van der Waals surface area contributed by atoms with Crippen molar-refractivity contribution in [3.63, 3.8) is 0 Å². The first-order chi connectivity index (χ1) is 9.51. The maximum Gasteiger partial charge on any atom is 0.273 e. The topological polar surface area (TPSA) is 52.4 Å². The predicted molar refractivity (Wildman–Crippen MR) is 78.6 cm³/mol. The van der Waals surface area contributed by atoms with Crippen molar-refractivity contribution in [3.8, 4) is 11.5 Å². The molecule has 0 N–H and O–H groups in total. The summed E-state index contributed by atoms with van der Waals surface area (Å²) in [6, 6.07) is 10.3. The Kier molecular flexibility index (Phi) is 4.25. The molecule has 2 aromatic carbocycles. The summed E-state index contributed by atoms with van der Waals surface area (Å²) in [5.74, 6) is 1.53. The lowest BCUT2D eigenvalue weighted by molar-refractivity contribution is -0.384. The molecular formula is C15H14ClNO3. The second-order valence-electron chi connectivity index (χ2n) is 4.54. The van der Waals surface area contributed by atoms with Crippen molar-refractivity contribution in [1.82, 2.24) is 0 Å². The van der Waals surface area contributed by atoms with Crippen LogP contribution >= 0.6 is 11.6 Å². The number of alkyl halides is 1. The van der Waals surface area contributed by atoms with E-state index in [4.69, 9.17) is 16.3 Å². The summed E-state index contributed by atoms with van der Waals surface area (Å²) < 4.78 is 5.81. The molecule has 0 aromatic heterocycles. The van der Waals surface area contributed by atoms with E-state index in [1.807, 2.05) is 32.0 Å². The Morgan fingerprint density at radius 1 is 1.10 bits per heavy atom. The first kappa shape index (κ1) is 14.3. The molecule has 104 valence electrons. The number of non-ortho nitro benzene ring substituents is 1. The molecule has 0 fully saturated rings. The van der Waals surface area contributed by atoms with Crippen molar-refractivity contribution in [1.29, 1.82) is 0 Å². The van der Waals surface area contributed by atoms with E-state index in [2.05, 4.69) is 0 Å². The standard InChI is InChI=1S/C15H14ClNO3/c1-10-3-5-12(9-16)7-14(10)20-15-8-13(17(18)19)6-4-11(15)2/h3-8H,9H2,1-2H3. The highest BCUT2D eigenvalue weighted by atomic mass is 35.5.